The van der Waals surface area contributed by atoms with Crippen molar-refractivity contribution in [3.8, 4) is 17.1 Å². The summed E-state index contributed by atoms with van der Waals surface area (Å²) in [4.78, 5) is 7.93. The van der Waals surface area contributed by atoms with E-state index in [-0.39, 0.29) is 12.0 Å². The Bertz CT molecular complexity index is 2640. The molecule has 51 heavy (non-hydrogen) atoms. The maximum Gasteiger partial charge on any atom is 0.145 e. The maximum atomic E-state index is 5.33. The molecule has 0 saturated heterocycles. The van der Waals surface area contributed by atoms with Crippen molar-refractivity contribution in [3.05, 3.63) is 169 Å². The second-order valence-electron chi connectivity index (χ2n) is 13.7. The zero-order chi connectivity index (χ0) is 33.9. The summed E-state index contributed by atoms with van der Waals surface area (Å²) in [5, 5.41) is 2.62. The molecule has 5 aromatic carbocycles. The summed E-state index contributed by atoms with van der Waals surface area (Å²) in [5.41, 5.74) is 13.1. The van der Waals surface area contributed by atoms with E-state index in [2.05, 4.69) is 185 Å². The summed E-state index contributed by atoms with van der Waals surface area (Å²) in [6.45, 7) is 3.17. The van der Waals surface area contributed by atoms with Crippen molar-refractivity contribution < 1.29 is 0 Å². The quantitative estimate of drug-likeness (QED) is 0.184. The Morgan fingerprint density at radius 2 is 1.51 bits per heavy atom. The van der Waals surface area contributed by atoms with E-state index in [0.29, 0.717) is 0 Å². The van der Waals surface area contributed by atoms with Crippen LogP contribution in [0.5, 0.6) is 0 Å². The highest BCUT2D eigenvalue weighted by molar-refractivity contribution is 6.14. The molecule has 2 atom stereocenters. The van der Waals surface area contributed by atoms with Gasteiger partial charge in [0.15, 0.2) is 0 Å². The van der Waals surface area contributed by atoms with Gasteiger partial charge in [-0.2, -0.15) is 0 Å². The van der Waals surface area contributed by atoms with Crippen LogP contribution in [-0.4, -0.2) is 20.2 Å². The fraction of sp³-hybridized carbons (Fsp3) is 0.128. The standard InChI is InChI=1S/C47H38N4/c1-2-49-42-23-13-10-20-38(42)46-39-26-25-33-17-9-12-22-41(33)50(43(39)27-28-45(46)49)37-30-34(32-15-5-3-6-16-32)29-35(31-37)47-48-40-21-11-14-24-44(40)51(47)36-18-7-4-8-19-36/h3-5,7-15,17-31,33,41H,2,6,16H2,1H3. The first-order chi connectivity index (χ1) is 25.3. The highest BCUT2D eigenvalue weighted by Crippen LogP contribution is 2.46. The zero-order valence-corrected chi connectivity index (χ0v) is 28.7. The fourth-order valence-corrected chi connectivity index (χ4v) is 8.57. The maximum absolute atomic E-state index is 5.33. The highest BCUT2D eigenvalue weighted by Gasteiger charge is 2.31. The number of imidazole rings is 1. The molecule has 0 N–H and O–H groups in total. The molecule has 0 spiro atoms. The van der Waals surface area contributed by atoms with Gasteiger partial charge >= 0.3 is 0 Å². The van der Waals surface area contributed by atoms with Gasteiger partial charge in [0.2, 0.25) is 0 Å². The second-order valence-corrected chi connectivity index (χ2v) is 13.7. The molecule has 2 unspecified atom stereocenters. The molecule has 1 aliphatic heterocycles. The van der Waals surface area contributed by atoms with Crippen LogP contribution < -0.4 is 4.90 Å². The van der Waals surface area contributed by atoms with Crippen LogP contribution in [0.15, 0.2) is 158 Å². The molecular formula is C47H38N4. The fourth-order valence-electron chi connectivity index (χ4n) is 8.57. The number of aromatic nitrogens is 3. The van der Waals surface area contributed by atoms with Gasteiger partial charge in [0.1, 0.15) is 5.82 Å². The van der Waals surface area contributed by atoms with E-state index in [0.717, 1.165) is 47.5 Å². The number of aryl methyl sites for hydroxylation is 1. The molecule has 0 radical (unpaired) electrons. The SMILES string of the molecule is CCn1c2ccccc2c2c3c(ccc21)N(c1cc(C2=CC=CCC2)cc(-c2nc4ccccc4n2-c2ccccc2)c1)C1C=CC=CC1C=C3. The molecule has 2 aliphatic carbocycles. The number of hydrogen-bond acceptors (Lipinski definition) is 2. The molecule has 246 valence electrons. The van der Waals surface area contributed by atoms with E-state index < -0.39 is 0 Å². The number of fused-ring (bicyclic) bond motifs is 7. The minimum atomic E-state index is 0.112. The number of nitrogens with zero attached hydrogens (tertiary/aromatic N) is 4. The third-order valence-corrected chi connectivity index (χ3v) is 10.9. The van der Waals surface area contributed by atoms with Crippen LogP contribution in [0.1, 0.15) is 30.9 Å². The van der Waals surface area contributed by atoms with E-state index in [1.165, 1.54) is 49.9 Å². The van der Waals surface area contributed by atoms with Crippen molar-refractivity contribution in [2.24, 2.45) is 5.92 Å². The van der Waals surface area contributed by atoms with Gasteiger partial charge in [0, 0.05) is 62.5 Å². The molecule has 4 heteroatoms. The monoisotopic (exact) mass is 658 g/mol. The van der Waals surface area contributed by atoms with Gasteiger partial charge in [-0.05, 0) is 91.6 Å². The molecule has 2 aromatic heterocycles. The first kappa shape index (κ1) is 29.8. The molecular weight excluding hydrogens is 621 g/mol. The molecule has 0 saturated carbocycles. The number of benzene rings is 5. The predicted molar refractivity (Wildman–Crippen MR) is 215 cm³/mol. The van der Waals surface area contributed by atoms with E-state index in [4.69, 9.17) is 4.98 Å². The van der Waals surface area contributed by atoms with Crippen LogP contribution in [0.3, 0.4) is 0 Å². The first-order valence-electron chi connectivity index (χ1n) is 18.2. The highest BCUT2D eigenvalue weighted by atomic mass is 15.2. The van der Waals surface area contributed by atoms with E-state index in [1.54, 1.807) is 0 Å². The lowest BCUT2D eigenvalue weighted by atomic mass is 9.91. The number of para-hydroxylation sites is 4. The normalized spacial score (nSPS) is 18.0. The largest absolute Gasteiger partial charge is 0.341 e. The van der Waals surface area contributed by atoms with E-state index in [9.17, 15) is 0 Å². The number of allylic oxidation sites excluding steroid dienone is 6. The van der Waals surface area contributed by atoms with E-state index in [1.807, 2.05) is 0 Å². The van der Waals surface area contributed by atoms with Crippen LogP contribution >= 0.6 is 0 Å². The minimum absolute atomic E-state index is 0.112. The molecule has 3 heterocycles. The van der Waals surface area contributed by atoms with Crippen molar-refractivity contribution >= 4 is 55.9 Å². The summed E-state index contributed by atoms with van der Waals surface area (Å²) in [6.07, 6.45) is 22.7. The van der Waals surface area contributed by atoms with Crippen LogP contribution in [0.4, 0.5) is 11.4 Å². The lowest BCUT2D eigenvalue weighted by molar-refractivity contribution is 0.669. The number of hydrogen-bond donors (Lipinski definition) is 0. The molecule has 7 aromatic rings. The van der Waals surface area contributed by atoms with Gasteiger partial charge in [0.25, 0.3) is 0 Å². The second kappa shape index (κ2) is 12.0. The molecule has 4 nitrogen and oxygen atoms in total. The van der Waals surface area contributed by atoms with Gasteiger partial charge in [-0.25, -0.2) is 4.98 Å². The first-order valence-corrected chi connectivity index (χ1v) is 18.2. The van der Waals surface area contributed by atoms with Crippen LogP contribution in [0.2, 0.25) is 0 Å². The Morgan fingerprint density at radius 1 is 0.706 bits per heavy atom. The Balaban J connectivity index is 1.27. The Labute approximate surface area is 298 Å². The smallest absolute Gasteiger partial charge is 0.145 e. The van der Waals surface area contributed by atoms with Crippen molar-refractivity contribution in [1.82, 2.24) is 14.1 Å². The average molecular weight is 659 g/mol. The summed E-state index contributed by atoms with van der Waals surface area (Å²) in [5.74, 6) is 1.16. The summed E-state index contributed by atoms with van der Waals surface area (Å²) in [7, 11) is 0. The molecule has 3 aliphatic rings. The zero-order valence-electron chi connectivity index (χ0n) is 28.7. The Hall–Kier alpha value is -6.13. The van der Waals surface area contributed by atoms with Gasteiger partial charge in [-0.15, -0.1) is 0 Å². The van der Waals surface area contributed by atoms with Crippen molar-refractivity contribution in [3.63, 3.8) is 0 Å². The Morgan fingerprint density at radius 3 is 2.37 bits per heavy atom. The Kier molecular flexibility index (Phi) is 7.02. The number of rotatable bonds is 5. The van der Waals surface area contributed by atoms with Crippen LogP contribution in [-0.2, 0) is 6.54 Å². The van der Waals surface area contributed by atoms with Crippen molar-refractivity contribution in [1.29, 1.82) is 0 Å². The van der Waals surface area contributed by atoms with Gasteiger partial charge < -0.3 is 9.47 Å². The summed E-state index contributed by atoms with van der Waals surface area (Å²) >= 11 is 0. The molecule has 0 bridgehead atoms. The molecule has 0 fully saturated rings. The lowest BCUT2D eigenvalue weighted by Gasteiger charge is -2.36. The number of anilines is 2. The summed E-state index contributed by atoms with van der Waals surface area (Å²) in [6, 6.07) is 40.0. The van der Waals surface area contributed by atoms with Gasteiger partial charge in [-0.1, -0.05) is 103 Å². The van der Waals surface area contributed by atoms with Crippen LogP contribution in [0, 0.1) is 5.92 Å². The topological polar surface area (TPSA) is 26.0 Å². The average Bonchev–Trinajstić information content (AvgIpc) is 3.69. The summed E-state index contributed by atoms with van der Waals surface area (Å²) < 4.78 is 4.78. The molecule has 10 rings (SSSR count). The molecule has 0 amide bonds. The lowest BCUT2D eigenvalue weighted by Crippen LogP contribution is -2.35. The third-order valence-electron chi connectivity index (χ3n) is 10.9. The van der Waals surface area contributed by atoms with E-state index >= 15 is 0 Å². The van der Waals surface area contributed by atoms with Gasteiger partial charge in [-0.3, -0.25) is 4.57 Å². The minimum Gasteiger partial charge on any atom is -0.341 e. The van der Waals surface area contributed by atoms with Crippen molar-refractivity contribution in [2.75, 3.05) is 4.90 Å². The third kappa shape index (κ3) is 4.78. The van der Waals surface area contributed by atoms with Gasteiger partial charge in [0.05, 0.1) is 17.1 Å². The van der Waals surface area contributed by atoms with Crippen molar-refractivity contribution in [2.45, 2.75) is 32.4 Å². The van der Waals surface area contributed by atoms with Crippen LogP contribution in [0.25, 0.3) is 61.6 Å². The predicted octanol–water partition coefficient (Wildman–Crippen LogP) is 11.8.